The Morgan fingerprint density at radius 2 is 1.27 bits per heavy atom. The van der Waals surface area contributed by atoms with Gasteiger partial charge in [-0.15, -0.1) is 0 Å². The van der Waals surface area contributed by atoms with Crippen molar-refractivity contribution in [3.05, 3.63) is 64.9 Å². The highest BCUT2D eigenvalue weighted by Crippen LogP contribution is 2.51. The molecule has 0 heterocycles. The second-order valence-corrected chi connectivity index (χ2v) is 10.4. The summed E-state index contributed by atoms with van der Waals surface area (Å²) in [5, 5.41) is 15.8. The van der Waals surface area contributed by atoms with Gasteiger partial charge in [0.05, 0.1) is 19.6 Å². The van der Waals surface area contributed by atoms with Crippen LogP contribution < -0.4 is 5.32 Å². The Hall–Kier alpha value is -2.38. The van der Waals surface area contributed by atoms with E-state index in [0.717, 1.165) is 60.8 Å². The Bertz CT molecular complexity index is 966. The van der Waals surface area contributed by atoms with E-state index in [1.807, 2.05) is 48.5 Å². The fraction of sp³-hybridized carbons (Fsp3) is 0.567. The largest absolute Gasteiger partial charge is 0.633 e. The predicted octanol–water partition coefficient (Wildman–Crippen LogP) is 7.50. The number of benzene rings is 2. The third kappa shape index (κ3) is 7.14. The Morgan fingerprint density at radius 1 is 0.811 bits per heavy atom. The lowest BCUT2D eigenvalue weighted by Crippen LogP contribution is -2.47. The molecular formula is C30H41F3N2O2. The third-order valence-electron chi connectivity index (χ3n) is 7.61. The van der Waals surface area contributed by atoms with E-state index in [0.29, 0.717) is 38.9 Å². The van der Waals surface area contributed by atoms with Crippen molar-refractivity contribution < 1.29 is 22.6 Å². The first kappa shape index (κ1) is 29.2. The minimum absolute atomic E-state index is 0.222. The van der Waals surface area contributed by atoms with Crippen molar-refractivity contribution in [3.63, 3.8) is 0 Å². The number of carbonyl (C=O) groups excluding carboxylic acids is 1. The molecule has 2 aromatic rings. The number of quaternary nitrogens is 1. The maximum atomic E-state index is 13.6. The Labute approximate surface area is 219 Å². The van der Waals surface area contributed by atoms with E-state index < -0.39 is 24.0 Å². The van der Waals surface area contributed by atoms with Gasteiger partial charge in [0, 0.05) is 0 Å². The van der Waals surface area contributed by atoms with Gasteiger partial charge in [-0.1, -0.05) is 75.2 Å². The molecule has 204 valence electrons. The maximum absolute atomic E-state index is 13.6. The Kier molecular flexibility index (Phi) is 10.2. The van der Waals surface area contributed by atoms with Gasteiger partial charge in [-0.3, -0.25) is 4.79 Å². The van der Waals surface area contributed by atoms with Crippen LogP contribution in [0.15, 0.2) is 48.5 Å². The molecule has 1 amide bonds. The molecule has 0 aliphatic heterocycles. The first-order valence-electron chi connectivity index (χ1n) is 13.8. The maximum Gasteiger partial charge on any atom is 0.405 e. The number of amides is 1. The van der Waals surface area contributed by atoms with Gasteiger partial charge in [0.15, 0.2) is 0 Å². The number of fused-ring (bicyclic) bond motifs is 3. The summed E-state index contributed by atoms with van der Waals surface area (Å²) in [4.78, 5) is 13.6. The number of nitrogens with one attached hydrogen (secondary N) is 1. The monoisotopic (exact) mass is 518 g/mol. The van der Waals surface area contributed by atoms with Crippen molar-refractivity contribution in [2.45, 2.75) is 83.2 Å². The Balaban J connectivity index is 1.83. The zero-order valence-electron chi connectivity index (χ0n) is 22.2. The molecule has 0 radical (unpaired) electrons. The molecule has 7 heteroatoms. The quantitative estimate of drug-likeness (QED) is 0.151. The van der Waals surface area contributed by atoms with Gasteiger partial charge in [0.1, 0.15) is 12.0 Å². The van der Waals surface area contributed by atoms with Crippen molar-refractivity contribution in [1.82, 2.24) is 5.32 Å². The van der Waals surface area contributed by atoms with E-state index in [4.69, 9.17) is 0 Å². The Morgan fingerprint density at radius 3 is 1.73 bits per heavy atom. The van der Waals surface area contributed by atoms with Crippen LogP contribution in [0.2, 0.25) is 0 Å². The summed E-state index contributed by atoms with van der Waals surface area (Å²) in [5.74, 6) is -0.629. The average Bonchev–Trinajstić information content (AvgIpc) is 3.16. The van der Waals surface area contributed by atoms with Gasteiger partial charge in [-0.25, -0.2) is 0 Å². The summed E-state index contributed by atoms with van der Waals surface area (Å²) in [5.41, 5.74) is 2.04. The first-order chi connectivity index (χ1) is 17.7. The SMILES string of the molecule is CCCCC[N+]([O-])(CCCCC)CCCCC1(C(=O)NCC(F)(F)F)c2ccccc2-c2ccccc21. The van der Waals surface area contributed by atoms with E-state index in [2.05, 4.69) is 19.2 Å². The molecule has 4 nitrogen and oxygen atoms in total. The second kappa shape index (κ2) is 12.9. The van der Waals surface area contributed by atoms with Gasteiger partial charge in [0.2, 0.25) is 5.91 Å². The lowest BCUT2D eigenvalue weighted by atomic mass is 9.73. The van der Waals surface area contributed by atoms with Gasteiger partial charge < -0.3 is 15.2 Å². The molecule has 0 atom stereocenters. The standard InChI is InChI=1S/C30H41F3N2O2/c1-3-5-12-20-35(37,21-13-6-4-2)22-14-11-19-29(28(36)34-23-30(31,32)33)26-17-9-7-15-24(26)25-16-8-10-18-27(25)29/h7-10,15-18H,3-6,11-14,19-23H2,1-2H3,(H,34,36). The summed E-state index contributed by atoms with van der Waals surface area (Å²) in [6.45, 7) is 4.54. The van der Waals surface area contributed by atoms with Gasteiger partial charge in [-0.05, 0) is 67.2 Å². The number of carbonyl (C=O) groups is 1. The van der Waals surface area contributed by atoms with E-state index >= 15 is 0 Å². The van der Waals surface area contributed by atoms with Crippen molar-refractivity contribution >= 4 is 5.91 Å². The van der Waals surface area contributed by atoms with Crippen LogP contribution >= 0.6 is 0 Å². The normalized spacial score (nSPS) is 14.3. The van der Waals surface area contributed by atoms with E-state index in [1.54, 1.807) is 0 Å². The number of alkyl halides is 3. The molecule has 3 rings (SSSR count). The third-order valence-corrected chi connectivity index (χ3v) is 7.61. The van der Waals surface area contributed by atoms with Crippen molar-refractivity contribution in [2.24, 2.45) is 0 Å². The van der Waals surface area contributed by atoms with E-state index in [1.165, 1.54) is 0 Å². The summed E-state index contributed by atoms with van der Waals surface area (Å²) >= 11 is 0. The molecule has 0 aromatic heterocycles. The van der Waals surface area contributed by atoms with Crippen LogP contribution in [-0.2, 0) is 10.2 Å². The van der Waals surface area contributed by atoms with Crippen LogP contribution in [0.1, 0.15) is 82.8 Å². The van der Waals surface area contributed by atoms with Crippen molar-refractivity contribution in [2.75, 3.05) is 26.2 Å². The zero-order valence-corrected chi connectivity index (χ0v) is 22.2. The molecule has 2 aromatic carbocycles. The predicted molar refractivity (Wildman–Crippen MR) is 143 cm³/mol. The molecule has 1 aliphatic rings. The topological polar surface area (TPSA) is 52.2 Å². The fourth-order valence-corrected chi connectivity index (χ4v) is 5.71. The lowest BCUT2D eigenvalue weighted by Gasteiger charge is -2.43. The number of hydrogen-bond donors (Lipinski definition) is 1. The smallest absolute Gasteiger partial charge is 0.405 e. The van der Waals surface area contributed by atoms with Crippen LogP contribution in [0.5, 0.6) is 0 Å². The molecular weight excluding hydrogens is 477 g/mol. The molecule has 0 bridgehead atoms. The molecule has 37 heavy (non-hydrogen) atoms. The zero-order chi connectivity index (χ0) is 26.9. The highest BCUT2D eigenvalue weighted by atomic mass is 19.4. The molecule has 1 aliphatic carbocycles. The molecule has 0 unspecified atom stereocenters. The van der Waals surface area contributed by atoms with Crippen molar-refractivity contribution in [1.29, 1.82) is 0 Å². The first-order valence-corrected chi connectivity index (χ1v) is 13.8. The van der Waals surface area contributed by atoms with Crippen LogP contribution in [0.4, 0.5) is 13.2 Å². The molecule has 1 N–H and O–H groups in total. The van der Waals surface area contributed by atoms with Gasteiger partial charge in [-0.2, -0.15) is 13.2 Å². The molecule has 0 fully saturated rings. The minimum atomic E-state index is -4.49. The number of rotatable bonds is 15. The highest BCUT2D eigenvalue weighted by Gasteiger charge is 2.49. The molecule has 0 spiro atoms. The van der Waals surface area contributed by atoms with Gasteiger partial charge in [0.25, 0.3) is 0 Å². The van der Waals surface area contributed by atoms with Crippen LogP contribution in [0.25, 0.3) is 11.1 Å². The van der Waals surface area contributed by atoms with Crippen molar-refractivity contribution in [3.8, 4) is 11.1 Å². The number of hydrogen-bond acceptors (Lipinski definition) is 2. The van der Waals surface area contributed by atoms with Crippen LogP contribution in [-0.4, -0.2) is 42.9 Å². The number of nitrogens with zero attached hydrogens (tertiary/aromatic N) is 1. The summed E-state index contributed by atoms with van der Waals surface area (Å²) in [7, 11) is 0. The summed E-state index contributed by atoms with van der Waals surface area (Å²) in [6.07, 6.45) is 3.05. The number of unbranched alkanes of at least 4 members (excludes halogenated alkanes) is 5. The van der Waals surface area contributed by atoms with Gasteiger partial charge >= 0.3 is 6.18 Å². The van der Waals surface area contributed by atoms with E-state index in [-0.39, 0.29) is 4.65 Å². The summed E-state index contributed by atoms with van der Waals surface area (Å²) < 4.78 is 39.0. The van der Waals surface area contributed by atoms with E-state index in [9.17, 15) is 23.2 Å². The summed E-state index contributed by atoms with van der Waals surface area (Å²) in [6, 6.07) is 15.0. The van der Waals surface area contributed by atoms with Crippen LogP contribution in [0.3, 0.4) is 0 Å². The molecule has 0 saturated heterocycles. The molecule has 0 saturated carbocycles. The average molecular weight is 519 g/mol. The number of hydroxylamine groups is 3. The van der Waals surface area contributed by atoms with Crippen LogP contribution in [0, 0.1) is 5.21 Å². The highest BCUT2D eigenvalue weighted by molar-refractivity contribution is 6.00. The minimum Gasteiger partial charge on any atom is -0.633 e. The number of halogens is 3. The lowest BCUT2D eigenvalue weighted by molar-refractivity contribution is -0.881. The fourth-order valence-electron chi connectivity index (χ4n) is 5.71. The second-order valence-electron chi connectivity index (χ2n) is 10.4.